The number of morpholine rings is 1. The second-order valence-electron chi connectivity index (χ2n) is 7.34. The summed E-state index contributed by atoms with van der Waals surface area (Å²) in [6.45, 7) is 7.32. The van der Waals surface area contributed by atoms with Crippen molar-refractivity contribution in [1.82, 2.24) is 9.21 Å². The molecule has 1 aromatic carbocycles. The highest BCUT2D eigenvalue weighted by atomic mass is 32.2. The van der Waals surface area contributed by atoms with E-state index < -0.39 is 15.8 Å². The molecule has 2 saturated heterocycles. The smallest absolute Gasteiger partial charge is 0.277 e. The highest BCUT2D eigenvalue weighted by molar-refractivity contribution is 7.89. The number of piperazine rings is 1. The molecule has 0 saturated carbocycles. The van der Waals surface area contributed by atoms with Crippen LogP contribution in [-0.2, 0) is 19.6 Å². The van der Waals surface area contributed by atoms with Crippen molar-refractivity contribution in [2.75, 3.05) is 45.8 Å². The van der Waals surface area contributed by atoms with Crippen LogP contribution >= 0.6 is 0 Å². The van der Waals surface area contributed by atoms with Gasteiger partial charge in [0, 0.05) is 13.1 Å². The van der Waals surface area contributed by atoms with Crippen molar-refractivity contribution in [1.29, 1.82) is 0 Å². The summed E-state index contributed by atoms with van der Waals surface area (Å²) in [5.41, 5.74) is 0. The molecule has 2 atom stereocenters. The number of ether oxygens (including phenoxy) is 1. The summed E-state index contributed by atoms with van der Waals surface area (Å²) in [6.07, 6.45) is 0.0656. The Balaban J connectivity index is 1.54. The number of hydrogen-bond acceptors (Lipinski definition) is 4. The Hall–Kier alpha value is -1.55. The van der Waals surface area contributed by atoms with E-state index in [1.807, 2.05) is 18.7 Å². The zero-order chi connectivity index (χ0) is 19.6. The highest BCUT2D eigenvalue weighted by Crippen LogP contribution is 2.16. The van der Waals surface area contributed by atoms with Gasteiger partial charge in [0.15, 0.2) is 6.54 Å². The van der Waals surface area contributed by atoms with Crippen molar-refractivity contribution < 1.29 is 27.2 Å². The molecule has 3 rings (SSSR count). The van der Waals surface area contributed by atoms with E-state index in [1.54, 1.807) is 0 Å². The molecule has 0 unspecified atom stereocenters. The van der Waals surface area contributed by atoms with Crippen LogP contribution in [0.1, 0.15) is 13.8 Å². The number of quaternary nitrogens is 1. The maximum Gasteiger partial charge on any atom is 0.277 e. The Kier molecular flexibility index (Phi) is 6.15. The molecular weight excluding hydrogens is 373 g/mol. The minimum Gasteiger partial charge on any atom is -0.372 e. The van der Waals surface area contributed by atoms with E-state index in [-0.39, 0.29) is 23.0 Å². The molecule has 0 aliphatic carbocycles. The lowest BCUT2D eigenvalue weighted by molar-refractivity contribution is -0.896. The number of hydrogen-bond donors (Lipinski definition) is 1. The second-order valence-corrected chi connectivity index (χ2v) is 9.28. The minimum atomic E-state index is -3.62. The molecule has 0 radical (unpaired) electrons. The molecule has 1 aromatic rings. The van der Waals surface area contributed by atoms with Gasteiger partial charge in [0.25, 0.3) is 5.91 Å². The van der Waals surface area contributed by atoms with E-state index >= 15 is 0 Å². The Morgan fingerprint density at radius 1 is 1.15 bits per heavy atom. The Morgan fingerprint density at radius 3 is 2.26 bits per heavy atom. The maximum atomic E-state index is 13.0. The van der Waals surface area contributed by atoms with Gasteiger partial charge in [-0.2, -0.15) is 4.31 Å². The number of nitrogens with zero attached hydrogens (tertiary/aromatic N) is 2. The fraction of sp³-hybridized carbons (Fsp3) is 0.611. The summed E-state index contributed by atoms with van der Waals surface area (Å²) in [7, 11) is -3.62. The third-order valence-corrected chi connectivity index (χ3v) is 6.97. The van der Waals surface area contributed by atoms with Crippen LogP contribution in [0.4, 0.5) is 4.39 Å². The van der Waals surface area contributed by atoms with Crippen LogP contribution < -0.4 is 4.90 Å². The van der Waals surface area contributed by atoms with Crippen molar-refractivity contribution in [3.63, 3.8) is 0 Å². The molecule has 7 nitrogen and oxygen atoms in total. The van der Waals surface area contributed by atoms with Gasteiger partial charge in [0.2, 0.25) is 10.0 Å². The zero-order valence-electron chi connectivity index (χ0n) is 15.7. The summed E-state index contributed by atoms with van der Waals surface area (Å²) in [5.74, 6) is -0.379. The summed E-state index contributed by atoms with van der Waals surface area (Å²) < 4.78 is 45.4. The number of benzene rings is 1. The summed E-state index contributed by atoms with van der Waals surface area (Å²) in [6, 6.07) is 4.87. The van der Waals surface area contributed by atoms with Crippen LogP contribution in [0, 0.1) is 5.82 Å². The second kappa shape index (κ2) is 8.22. The quantitative estimate of drug-likeness (QED) is 0.729. The first-order valence-electron chi connectivity index (χ1n) is 9.28. The minimum absolute atomic E-state index is 0.0328. The third kappa shape index (κ3) is 4.84. The average Bonchev–Trinajstić information content (AvgIpc) is 2.61. The topological polar surface area (TPSA) is 71.4 Å². The summed E-state index contributed by atoms with van der Waals surface area (Å²) in [4.78, 5) is 15.6. The van der Waals surface area contributed by atoms with E-state index in [9.17, 15) is 17.6 Å². The van der Waals surface area contributed by atoms with Crippen molar-refractivity contribution in [3.05, 3.63) is 30.1 Å². The lowest BCUT2D eigenvalue weighted by Crippen LogP contribution is -3.15. The molecule has 1 amide bonds. The molecule has 1 N–H and O–H groups in total. The third-order valence-electron chi connectivity index (χ3n) is 5.05. The predicted molar refractivity (Wildman–Crippen MR) is 97.3 cm³/mol. The molecule has 2 aliphatic rings. The highest BCUT2D eigenvalue weighted by Gasteiger charge is 2.33. The van der Waals surface area contributed by atoms with Gasteiger partial charge >= 0.3 is 0 Å². The van der Waals surface area contributed by atoms with Crippen LogP contribution in [0.3, 0.4) is 0 Å². The summed E-state index contributed by atoms with van der Waals surface area (Å²) >= 11 is 0. The number of amides is 1. The van der Waals surface area contributed by atoms with Gasteiger partial charge in [-0.1, -0.05) is 0 Å². The first-order chi connectivity index (χ1) is 12.8. The Labute approximate surface area is 159 Å². The Morgan fingerprint density at radius 2 is 1.70 bits per heavy atom. The predicted octanol–water partition coefficient (Wildman–Crippen LogP) is -0.649. The van der Waals surface area contributed by atoms with Gasteiger partial charge < -0.3 is 14.5 Å². The van der Waals surface area contributed by atoms with Gasteiger partial charge in [-0.15, -0.1) is 0 Å². The molecule has 2 fully saturated rings. The van der Waals surface area contributed by atoms with Gasteiger partial charge in [-0.3, -0.25) is 4.79 Å². The van der Waals surface area contributed by atoms with Gasteiger partial charge in [0.1, 0.15) is 5.82 Å². The van der Waals surface area contributed by atoms with Gasteiger partial charge in [0.05, 0.1) is 43.3 Å². The lowest BCUT2D eigenvalue weighted by atomic mass is 10.2. The lowest BCUT2D eigenvalue weighted by Gasteiger charge is -2.37. The van der Waals surface area contributed by atoms with E-state index in [0.717, 1.165) is 17.0 Å². The van der Waals surface area contributed by atoms with Crippen molar-refractivity contribution in [3.8, 4) is 0 Å². The fourth-order valence-electron chi connectivity index (χ4n) is 3.68. The fourth-order valence-corrected chi connectivity index (χ4v) is 5.12. The molecule has 27 heavy (non-hydrogen) atoms. The number of rotatable bonds is 4. The van der Waals surface area contributed by atoms with Crippen LogP contribution in [-0.4, -0.2) is 81.6 Å². The maximum absolute atomic E-state index is 13.0. The zero-order valence-corrected chi connectivity index (χ0v) is 16.5. The van der Waals surface area contributed by atoms with Gasteiger partial charge in [-0.25, -0.2) is 12.8 Å². The molecule has 150 valence electrons. The molecule has 2 heterocycles. The molecule has 0 bridgehead atoms. The van der Waals surface area contributed by atoms with Gasteiger partial charge in [-0.05, 0) is 38.1 Å². The van der Waals surface area contributed by atoms with Crippen LogP contribution in [0.25, 0.3) is 0 Å². The first-order valence-corrected chi connectivity index (χ1v) is 10.7. The van der Waals surface area contributed by atoms with E-state index in [4.69, 9.17) is 4.74 Å². The largest absolute Gasteiger partial charge is 0.372 e. The van der Waals surface area contributed by atoms with Crippen molar-refractivity contribution >= 4 is 15.9 Å². The number of carbonyl (C=O) groups excluding carboxylic acids is 1. The number of nitrogens with one attached hydrogen (secondary N) is 1. The SMILES string of the molecule is C[C@@H]1CN(C(=O)C[NH+]2CCN(S(=O)(=O)c3ccc(F)cc3)CC2)C[C@H](C)O1. The molecular formula is C18H27FN3O4S+. The van der Waals surface area contributed by atoms with E-state index in [0.29, 0.717) is 45.8 Å². The number of sulfonamides is 1. The van der Waals surface area contributed by atoms with E-state index in [2.05, 4.69) is 0 Å². The number of halogens is 1. The molecule has 9 heteroatoms. The van der Waals surface area contributed by atoms with Crippen molar-refractivity contribution in [2.45, 2.75) is 31.0 Å². The molecule has 0 spiro atoms. The first kappa shape index (κ1) is 20.2. The normalized spacial score (nSPS) is 25.5. The van der Waals surface area contributed by atoms with Crippen LogP contribution in [0.5, 0.6) is 0 Å². The number of carbonyl (C=O) groups is 1. The molecule has 2 aliphatic heterocycles. The average molecular weight is 400 g/mol. The summed E-state index contributed by atoms with van der Waals surface area (Å²) in [5, 5.41) is 0. The monoisotopic (exact) mass is 400 g/mol. The van der Waals surface area contributed by atoms with Crippen LogP contribution in [0.15, 0.2) is 29.2 Å². The van der Waals surface area contributed by atoms with Crippen molar-refractivity contribution in [2.24, 2.45) is 0 Å². The standard InChI is InChI=1S/C18H26FN3O4S/c1-14-11-21(12-15(2)26-14)18(23)13-20-7-9-22(10-8-20)27(24,25)17-5-3-16(19)4-6-17/h3-6,14-15H,7-13H2,1-2H3/p+1/t14-,15+. The Bertz CT molecular complexity index is 753. The van der Waals surface area contributed by atoms with Crippen LogP contribution in [0.2, 0.25) is 0 Å². The molecule has 0 aromatic heterocycles. The van der Waals surface area contributed by atoms with E-state index in [1.165, 1.54) is 16.4 Å².